The average Bonchev–Trinajstić information content (AvgIpc) is 2.73. The van der Waals surface area contributed by atoms with Crippen LogP contribution in [0.1, 0.15) is 0 Å². The highest BCUT2D eigenvalue weighted by Crippen LogP contribution is 2.29. The van der Waals surface area contributed by atoms with E-state index in [1.54, 1.807) is 6.07 Å². The van der Waals surface area contributed by atoms with Gasteiger partial charge in [0, 0.05) is 22.0 Å². The number of nitrogens with zero attached hydrogens (tertiary/aromatic N) is 1. The van der Waals surface area contributed by atoms with Crippen molar-refractivity contribution in [1.82, 2.24) is 5.16 Å². The topological polar surface area (TPSA) is 26.0 Å². The first kappa shape index (κ1) is 9.43. The van der Waals surface area contributed by atoms with Crippen LogP contribution in [0.2, 0.25) is 5.02 Å². The van der Waals surface area contributed by atoms with E-state index in [9.17, 15) is 0 Å². The minimum absolute atomic E-state index is 0.656. The van der Waals surface area contributed by atoms with Crippen molar-refractivity contribution in [2.45, 2.75) is 0 Å². The maximum absolute atomic E-state index is 5.89. The van der Waals surface area contributed by atoms with E-state index in [1.807, 2.05) is 42.5 Å². The molecular formula is C13H8ClNO. The third-order valence-corrected chi connectivity index (χ3v) is 2.72. The molecule has 1 heterocycles. The van der Waals surface area contributed by atoms with E-state index in [2.05, 4.69) is 5.16 Å². The fourth-order valence-electron chi connectivity index (χ4n) is 1.72. The van der Waals surface area contributed by atoms with Crippen LogP contribution >= 0.6 is 11.6 Å². The lowest BCUT2D eigenvalue weighted by Gasteiger charge is -1.95. The van der Waals surface area contributed by atoms with Gasteiger partial charge in [0.05, 0.1) is 0 Å². The standard InChI is InChI=1S/C13H8ClNO/c14-10-6-7-11-12(8-10)16-15-13(11)9-4-2-1-3-5-9/h1-8H. The SMILES string of the molecule is Clc1ccc2c(-c3ccccc3)noc2c1. The lowest BCUT2D eigenvalue weighted by atomic mass is 10.1. The summed E-state index contributed by atoms with van der Waals surface area (Å²) in [5.41, 5.74) is 2.61. The molecule has 3 rings (SSSR count). The van der Waals surface area contributed by atoms with Crippen molar-refractivity contribution < 1.29 is 4.52 Å². The molecule has 0 N–H and O–H groups in total. The molecule has 0 spiro atoms. The molecule has 3 aromatic rings. The van der Waals surface area contributed by atoms with E-state index < -0.39 is 0 Å². The molecule has 16 heavy (non-hydrogen) atoms. The Kier molecular flexibility index (Phi) is 2.15. The van der Waals surface area contributed by atoms with E-state index in [4.69, 9.17) is 16.1 Å². The van der Waals surface area contributed by atoms with Crippen LogP contribution in [0.3, 0.4) is 0 Å². The van der Waals surface area contributed by atoms with Crippen molar-refractivity contribution in [2.75, 3.05) is 0 Å². The Morgan fingerprint density at radius 1 is 1.00 bits per heavy atom. The summed E-state index contributed by atoms with van der Waals surface area (Å²) in [6.45, 7) is 0. The molecule has 0 radical (unpaired) electrons. The van der Waals surface area contributed by atoms with Gasteiger partial charge in [0.2, 0.25) is 0 Å². The van der Waals surface area contributed by atoms with E-state index in [1.165, 1.54) is 0 Å². The number of benzene rings is 2. The second-order valence-corrected chi connectivity index (χ2v) is 3.97. The lowest BCUT2D eigenvalue weighted by molar-refractivity contribution is 0.459. The molecule has 0 saturated heterocycles. The Morgan fingerprint density at radius 3 is 2.62 bits per heavy atom. The Bertz CT molecular complexity index is 631. The minimum Gasteiger partial charge on any atom is -0.356 e. The molecule has 0 bridgehead atoms. The number of fused-ring (bicyclic) bond motifs is 1. The molecule has 2 nitrogen and oxygen atoms in total. The van der Waals surface area contributed by atoms with Gasteiger partial charge in [-0.05, 0) is 12.1 Å². The van der Waals surface area contributed by atoms with Gasteiger partial charge in [-0.25, -0.2) is 0 Å². The third kappa shape index (κ3) is 1.48. The molecule has 0 aliphatic rings. The first-order chi connectivity index (χ1) is 7.84. The predicted octanol–water partition coefficient (Wildman–Crippen LogP) is 4.15. The van der Waals surface area contributed by atoms with Crippen LogP contribution in [0.4, 0.5) is 0 Å². The number of rotatable bonds is 1. The van der Waals surface area contributed by atoms with E-state index in [0.717, 1.165) is 16.6 Å². The molecule has 3 heteroatoms. The van der Waals surface area contributed by atoms with Crippen molar-refractivity contribution in [3.8, 4) is 11.3 Å². The maximum atomic E-state index is 5.89. The highest BCUT2D eigenvalue weighted by molar-refractivity contribution is 6.31. The molecule has 0 fully saturated rings. The molecule has 1 aromatic heterocycles. The summed E-state index contributed by atoms with van der Waals surface area (Å²) in [5.74, 6) is 0. The quantitative estimate of drug-likeness (QED) is 0.627. The summed E-state index contributed by atoms with van der Waals surface area (Å²) in [6.07, 6.45) is 0. The van der Waals surface area contributed by atoms with Crippen molar-refractivity contribution in [2.24, 2.45) is 0 Å². The first-order valence-corrected chi connectivity index (χ1v) is 5.33. The van der Waals surface area contributed by atoms with Crippen LogP contribution in [0.25, 0.3) is 22.2 Å². The van der Waals surface area contributed by atoms with Gasteiger partial charge in [0.15, 0.2) is 5.58 Å². The van der Waals surface area contributed by atoms with Crippen molar-refractivity contribution in [3.05, 3.63) is 53.6 Å². The second-order valence-electron chi connectivity index (χ2n) is 3.54. The highest BCUT2D eigenvalue weighted by atomic mass is 35.5. The van der Waals surface area contributed by atoms with Crippen LogP contribution in [-0.4, -0.2) is 5.16 Å². The van der Waals surface area contributed by atoms with Gasteiger partial charge in [-0.2, -0.15) is 0 Å². The molecule has 0 amide bonds. The molecule has 0 saturated carbocycles. The van der Waals surface area contributed by atoms with Crippen LogP contribution in [0, 0.1) is 0 Å². The molecular weight excluding hydrogens is 222 g/mol. The van der Waals surface area contributed by atoms with E-state index in [0.29, 0.717) is 10.6 Å². The number of hydrogen-bond donors (Lipinski definition) is 0. The summed E-state index contributed by atoms with van der Waals surface area (Å²) in [6, 6.07) is 15.5. The van der Waals surface area contributed by atoms with Gasteiger partial charge in [-0.3, -0.25) is 0 Å². The van der Waals surface area contributed by atoms with Crippen molar-refractivity contribution in [1.29, 1.82) is 0 Å². The van der Waals surface area contributed by atoms with Crippen molar-refractivity contribution >= 4 is 22.6 Å². The van der Waals surface area contributed by atoms with Gasteiger partial charge in [0.1, 0.15) is 5.69 Å². The van der Waals surface area contributed by atoms with E-state index in [-0.39, 0.29) is 0 Å². The summed E-state index contributed by atoms with van der Waals surface area (Å²) >= 11 is 5.89. The van der Waals surface area contributed by atoms with E-state index >= 15 is 0 Å². The van der Waals surface area contributed by atoms with Crippen LogP contribution in [0.15, 0.2) is 53.1 Å². The number of hydrogen-bond acceptors (Lipinski definition) is 2. The number of aromatic nitrogens is 1. The zero-order valence-electron chi connectivity index (χ0n) is 8.35. The van der Waals surface area contributed by atoms with Crippen molar-refractivity contribution in [3.63, 3.8) is 0 Å². The van der Waals surface area contributed by atoms with Gasteiger partial charge in [-0.15, -0.1) is 0 Å². The van der Waals surface area contributed by atoms with Gasteiger partial charge < -0.3 is 4.52 Å². The molecule has 0 unspecified atom stereocenters. The predicted molar refractivity (Wildman–Crippen MR) is 64.5 cm³/mol. The molecule has 0 atom stereocenters. The summed E-state index contributed by atoms with van der Waals surface area (Å²) in [4.78, 5) is 0. The van der Waals surface area contributed by atoms with Crippen LogP contribution in [0.5, 0.6) is 0 Å². The number of halogens is 1. The molecule has 2 aromatic carbocycles. The fourth-order valence-corrected chi connectivity index (χ4v) is 1.88. The maximum Gasteiger partial charge on any atom is 0.169 e. The average molecular weight is 230 g/mol. The fraction of sp³-hybridized carbons (Fsp3) is 0. The Hall–Kier alpha value is -1.80. The second kappa shape index (κ2) is 3.65. The highest BCUT2D eigenvalue weighted by Gasteiger charge is 2.09. The summed E-state index contributed by atoms with van der Waals surface area (Å²) in [7, 11) is 0. The lowest BCUT2D eigenvalue weighted by Crippen LogP contribution is -1.76. The summed E-state index contributed by atoms with van der Waals surface area (Å²) < 4.78 is 5.25. The Morgan fingerprint density at radius 2 is 1.81 bits per heavy atom. The molecule has 0 aliphatic carbocycles. The zero-order chi connectivity index (χ0) is 11.0. The normalized spacial score (nSPS) is 10.8. The smallest absolute Gasteiger partial charge is 0.169 e. The minimum atomic E-state index is 0.656. The third-order valence-electron chi connectivity index (χ3n) is 2.48. The van der Waals surface area contributed by atoms with Crippen LogP contribution in [-0.2, 0) is 0 Å². The van der Waals surface area contributed by atoms with Gasteiger partial charge in [-0.1, -0.05) is 47.1 Å². The van der Waals surface area contributed by atoms with Gasteiger partial charge >= 0.3 is 0 Å². The van der Waals surface area contributed by atoms with Gasteiger partial charge in [0.25, 0.3) is 0 Å². The molecule has 0 aliphatic heterocycles. The molecule has 78 valence electrons. The largest absolute Gasteiger partial charge is 0.356 e. The Balaban J connectivity index is 2.26. The van der Waals surface area contributed by atoms with Crippen LogP contribution < -0.4 is 0 Å². The zero-order valence-corrected chi connectivity index (χ0v) is 9.11. The summed E-state index contributed by atoms with van der Waals surface area (Å²) in [5, 5.41) is 5.71. The first-order valence-electron chi connectivity index (χ1n) is 4.95. The monoisotopic (exact) mass is 229 g/mol. The Labute approximate surface area is 97.4 Å².